The highest BCUT2D eigenvalue weighted by molar-refractivity contribution is 5.70. The molecule has 7 nitrogen and oxygen atoms in total. The molecule has 0 aliphatic heterocycles. The van der Waals surface area contributed by atoms with Crippen molar-refractivity contribution >= 4 is 11.2 Å². The third-order valence-electron chi connectivity index (χ3n) is 6.36. The van der Waals surface area contributed by atoms with Gasteiger partial charge < -0.3 is 18.8 Å². The first kappa shape index (κ1) is 22.6. The molecule has 0 saturated carbocycles. The number of methoxy groups -OCH3 is 3. The van der Waals surface area contributed by atoms with Gasteiger partial charge in [-0.1, -0.05) is 37.3 Å². The molecule has 0 aliphatic carbocycles. The van der Waals surface area contributed by atoms with Gasteiger partial charge in [-0.05, 0) is 48.9 Å². The Balaban J connectivity index is 1.85. The van der Waals surface area contributed by atoms with Gasteiger partial charge in [0.25, 0.3) is 0 Å². The van der Waals surface area contributed by atoms with Crippen LogP contribution in [0.4, 0.5) is 0 Å². The molecule has 33 heavy (non-hydrogen) atoms. The van der Waals surface area contributed by atoms with Gasteiger partial charge in [-0.3, -0.25) is 0 Å². The maximum absolute atomic E-state index is 5.68. The molecule has 7 heteroatoms. The molecule has 2 aromatic heterocycles. The molecule has 0 amide bonds. The highest BCUT2D eigenvalue weighted by atomic mass is 16.5. The second-order valence-electron chi connectivity index (χ2n) is 7.98. The van der Waals surface area contributed by atoms with Crippen molar-refractivity contribution in [3.8, 4) is 17.2 Å². The molecular formula is C26H30N4O3. The van der Waals surface area contributed by atoms with Crippen LogP contribution in [0.3, 0.4) is 0 Å². The molecule has 1 unspecified atom stereocenters. The number of fused-ring (bicyclic) bond motifs is 1. The molecule has 0 spiro atoms. The Bertz CT molecular complexity index is 1180. The summed E-state index contributed by atoms with van der Waals surface area (Å²) in [5.41, 5.74) is 3.55. The van der Waals surface area contributed by atoms with E-state index < -0.39 is 5.54 Å². The summed E-state index contributed by atoms with van der Waals surface area (Å²) in [6.07, 6.45) is 8.86. The summed E-state index contributed by atoms with van der Waals surface area (Å²) in [5.74, 6) is 1.84. The predicted molar refractivity (Wildman–Crippen MR) is 128 cm³/mol. The lowest BCUT2D eigenvalue weighted by Gasteiger charge is -2.36. The highest BCUT2D eigenvalue weighted by Crippen LogP contribution is 2.45. The molecule has 4 rings (SSSR count). The van der Waals surface area contributed by atoms with Gasteiger partial charge in [-0.2, -0.15) is 0 Å². The van der Waals surface area contributed by atoms with Crippen LogP contribution in [-0.4, -0.2) is 40.8 Å². The second-order valence-corrected chi connectivity index (χ2v) is 7.98. The first-order valence-corrected chi connectivity index (χ1v) is 11.1. The summed E-state index contributed by atoms with van der Waals surface area (Å²) in [5, 5.41) is 0. The fourth-order valence-electron chi connectivity index (χ4n) is 4.61. The first-order chi connectivity index (χ1) is 16.2. The predicted octanol–water partition coefficient (Wildman–Crippen LogP) is 5.03. The lowest BCUT2D eigenvalue weighted by Crippen LogP contribution is -2.34. The van der Waals surface area contributed by atoms with Gasteiger partial charge in [-0.15, -0.1) is 0 Å². The van der Waals surface area contributed by atoms with E-state index in [0.29, 0.717) is 17.2 Å². The summed E-state index contributed by atoms with van der Waals surface area (Å²) < 4.78 is 19.1. The van der Waals surface area contributed by atoms with Crippen molar-refractivity contribution in [1.82, 2.24) is 19.5 Å². The maximum atomic E-state index is 5.68. The zero-order chi connectivity index (χ0) is 23.3. The van der Waals surface area contributed by atoms with Crippen molar-refractivity contribution in [1.29, 1.82) is 0 Å². The number of nitrogens with zero attached hydrogens (tertiary/aromatic N) is 4. The number of benzene rings is 2. The highest BCUT2D eigenvalue weighted by Gasteiger charge is 2.35. The summed E-state index contributed by atoms with van der Waals surface area (Å²) in [7, 11) is 4.90. The van der Waals surface area contributed by atoms with Crippen LogP contribution in [0.5, 0.6) is 17.2 Å². The van der Waals surface area contributed by atoms with Crippen molar-refractivity contribution in [2.45, 2.75) is 38.1 Å². The molecule has 0 fully saturated rings. The van der Waals surface area contributed by atoms with E-state index in [2.05, 4.69) is 50.7 Å². The molecule has 0 N–H and O–H groups in total. The average Bonchev–Trinajstić information content (AvgIpc) is 3.31. The van der Waals surface area contributed by atoms with Gasteiger partial charge >= 0.3 is 0 Å². The Hall–Kier alpha value is -3.61. The number of rotatable bonds is 10. The number of aromatic nitrogens is 4. The van der Waals surface area contributed by atoms with Crippen molar-refractivity contribution < 1.29 is 14.2 Å². The molecule has 0 aliphatic rings. The minimum absolute atomic E-state index is 0.412. The zero-order valence-corrected chi connectivity index (χ0v) is 19.6. The summed E-state index contributed by atoms with van der Waals surface area (Å²) >= 11 is 0. The lowest BCUT2D eigenvalue weighted by molar-refractivity contribution is 0.299. The SMILES string of the molecule is CCC(CCCc1ccccc1)(c1cc(OC)c(OC)c(OC)c1)n1cnc2cncnc21. The number of hydrogen-bond donors (Lipinski definition) is 0. The zero-order valence-electron chi connectivity index (χ0n) is 19.6. The van der Waals surface area contributed by atoms with E-state index in [1.807, 2.05) is 24.5 Å². The fraction of sp³-hybridized carbons (Fsp3) is 0.346. The third kappa shape index (κ3) is 4.23. The molecule has 1 atom stereocenters. The Kier molecular flexibility index (Phi) is 6.77. The van der Waals surface area contributed by atoms with E-state index in [-0.39, 0.29) is 0 Å². The minimum atomic E-state index is -0.412. The van der Waals surface area contributed by atoms with Gasteiger partial charge in [0.1, 0.15) is 11.8 Å². The van der Waals surface area contributed by atoms with E-state index in [0.717, 1.165) is 42.4 Å². The van der Waals surface area contributed by atoms with Crippen LogP contribution < -0.4 is 14.2 Å². The van der Waals surface area contributed by atoms with Crippen molar-refractivity contribution in [3.05, 3.63) is 72.4 Å². The topological polar surface area (TPSA) is 71.3 Å². The molecule has 2 aromatic carbocycles. The Labute approximate surface area is 194 Å². The molecule has 0 radical (unpaired) electrons. The number of imidazole rings is 1. The van der Waals surface area contributed by atoms with Gasteiger partial charge in [0.15, 0.2) is 17.1 Å². The van der Waals surface area contributed by atoms with E-state index >= 15 is 0 Å². The van der Waals surface area contributed by atoms with Gasteiger partial charge in [0, 0.05) is 0 Å². The lowest BCUT2D eigenvalue weighted by atomic mass is 9.81. The van der Waals surface area contributed by atoms with Crippen LogP contribution in [-0.2, 0) is 12.0 Å². The van der Waals surface area contributed by atoms with Gasteiger partial charge in [-0.25, -0.2) is 15.0 Å². The summed E-state index contributed by atoms with van der Waals surface area (Å²) in [4.78, 5) is 13.3. The maximum Gasteiger partial charge on any atom is 0.203 e. The molecule has 0 bridgehead atoms. The van der Waals surface area contributed by atoms with Crippen LogP contribution in [0.25, 0.3) is 11.2 Å². The Morgan fingerprint density at radius 1 is 0.939 bits per heavy atom. The standard InChI is InChI=1S/C26H30N4O3/c1-5-26(13-9-12-19-10-7-6-8-11-19,30-18-29-21-16-27-17-28-25(21)30)20-14-22(31-2)24(33-4)23(15-20)32-3/h6-8,10-11,14-18H,5,9,12-13H2,1-4H3. The number of aryl methyl sites for hydroxylation is 1. The minimum Gasteiger partial charge on any atom is -0.493 e. The quantitative estimate of drug-likeness (QED) is 0.340. The summed E-state index contributed by atoms with van der Waals surface area (Å²) in [6, 6.07) is 14.7. The summed E-state index contributed by atoms with van der Waals surface area (Å²) in [6.45, 7) is 2.19. The van der Waals surface area contributed by atoms with Crippen molar-refractivity contribution in [3.63, 3.8) is 0 Å². The van der Waals surface area contributed by atoms with E-state index in [9.17, 15) is 0 Å². The largest absolute Gasteiger partial charge is 0.493 e. The molecule has 0 saturated heterocycles. The molecule has 172 valence electrons. The smallest absolute Gasteiger partial charge is 0.203 e. The second kappa shape index (κ2) is 9.90. The normalized spacial score (nSPS) is 13.0. The van der Waals surface area contributed by atoms with Crippen LogP contribution in [0.2, 0.25) is 0 Å². The average molecular weight is 447 g/mol. The Morgan fingerprint density at radius 3 is 2.30 bits per heavy atom. The molecule has 2 heterocycles. The van der Waals surface area contributed by atoms with Crippen LogP contribution in [0.1, 0.15) is 37.3 Å². The van der Waals surface area contributed by atoms with Crippen LogP contribution in [0, 0.1) is 0 Å². The third-order valence-corrected chi connectivity index (χ3v) is 6.36. The van der Waals surface area contributed by atoms with E-state index in [1.165, 1.54) is 5.56 Å². The van der Waals surface area contributed by atoms with E-state index in [1.54, 1.807) is 33.9 Å². The monoisotopic (exact) mass is 446 g/mol. The van der Waals surface area contributed by atoms with Gasteiger partial charge in [0.2, 0.25) is 5.75 Å². The van der Waals surface area contributed by atoms with E-state index in [4.69, 9.17) is 14.2 Å². The van der Waals surface area contributed by atoms with Crippen molar-refractivity contribution in [2.24, 2.45) is 0 Å². The fourth-order valence-corrected chi connectivity index (χ4v) is 4.61. The van der Waals surface area contributed by atoms with Crippen LogP contribution >= 0.6 is 0 Å². The number of hydrogen-bond acceptors (Lipinski definition) is 6. The van der Waals surface area contributed by atoms with Crippen molar-refractivity contribution in [2.75, 3.05) is 21.3 Å². The molecule has 4 aromatic rings. The number of ether oxygens (including phenoxy) is 3. The molecular weight excluding hydrogens is 416 g/mol. The van der Waals surface area contributed by atoms with Gasteiger partial charge in [0.05, 0.1) is 39.4 Å². The Morgan fingerprint density at radius 2 is 1.67 bits per heavy atom. The van der Waals surface area contributed by atoms with Crippen LogP contribution in [0.15, 0.2) is 61.3 Å². The first-order valence-electron chi connectivity index (χ1n) is 11.1.